The Morgan fingerprint density at radius 3 is 2.18 bits per heavy atom. The number of ether oxygens (including phenoxy) is 1. The number of hydrogen-bond donors (Lipinski definition) is 3. The number of amides is 3. The Bertz CT molecular complexity index is 1050. The first-order valence-corrected chi connectivity index (χ1v) is 13.9. The molecule has 2 unspecified atom stereocenters. The van der Waals surface area contributed by atoms with E-state index in [0.717, 1.165) is 37.7 Å². The number of rotatable bonds is 14. The summed E-state index contributed by atoms with van der Waals surface area (Å²) in [7, 11) is 0. The van der Waals surface area contributed by atoms with Crippen LogP contribution in [0.5, 0.6) is 5.75 Å². The first kappa shape index (κ1) is 31.7. The fourth-order valence-corrected chi connectivity index (χ4v) is 4.27. The summed E-state index contributed by atoms with van der Waals surface area (Å²) in [5.41, 5.74) is 0.517. The molecule has 0 bridgehead atoms. The molecule has 2 rings (SSSR count). The zero-order chi connectivity index (χ0) is 28.8. The van der Waals surface area contributed by atoms with E-state index in [4.69, 9.17) is 4.74 Å². The Labute approximate surface area is 233 Å². The quantitative estimate of drug-likeness (QED) is 0.261. The molecule has 8 nitrogen and oxygen atoms in total. The van der Waals surface area contributed by atoms with Gasteiger partial charge in [-0.3, -0.25) is 9.59 Å². The SMILES string of the molecule is CCCCCCCCN(C(=O)C(C)NC(=O)OC(C)(C)C)C(C(=O)NCc1ccccc1)c1ccccc1O. The topological polar surface area (TPSA) is 108 Å². The van der Waals surface area contributed by atoms with Crippen LogP contribution in [0.25, 0.3) is 0 Å². The molecule has 2 aromatic carbocycles. The first-order chi connectivity index (χ1) is 18.5. The number of unbranched alkanes of at least 4 members (excludes halogenated alkanes) is 5. The summed E-state index contributed by atoms with van der Waals surface area (Å²) in [5, 5.41) is 16.3. The van der Waals surface area contributed by atoms with Crippen molar-refractivity contribution >= 4 is 17.9 Å². The van der Waals surface area contributed by atoms with Gasteiger partial charge in [0.25, 0.3) is 0 Å². The standard InChI is InChI=1S/C31H45N3O5/c1-6-7-8-9-10-16-21-34(29(37)23(2)33-30(38)39-31(3,4)5)27(25-19-14-15-20-26(25)35)28(36)32-22-24-17-12-11-13-18-24/h11-15,17-20,23,27,35H,6-10,16,21-22H2,1-5H3,(H,32,36)(H,33,38). The van der Waals surface area contributed by atoms with Gasteiger partial charge in [0.15, 0.2) is 0 Å². The van der Waals surface area contributed by atoms with Crippen LogP contribution in [0.2, 0.25) is 0 Å². The van der Waals surface area contributed by atoms with E-state index in [1.54, 1.807) is 45.9 Å². The van der Waals surface area contributed by atoms with E-state index in [9.17, 15) is 19.5 Å². The maximum atomic E-state index is 13.8. The van der Waals surface area contributed by atoms with Crippen molar-refractivity contribution in [2.75, 3.05) is 6.54 Å². The van der Waals surface area contributed by atoms with Gasteiger partial charge in [-0.1, -0.05) is 87.6 Å². The third kappa shape index (κ3) is 11.0. The third-order valence-electron chi connectivity index (χ3n) is 6.24. The molecule has 0 saturated heterocycles. The molecule has 0 radical (unpaired) electrons. The largest absolute Gasteiger partial charge is 0.508 e. The molecular formula is C31H45N3O5. The molecular weight excluding hydrogens is 494 g/mol. The molecule has 2 atom stereocenters. The van der Waals surface area contributed by atoms with Crippen LogP contribution in [0.15, 0.2) is 54.6 Å². The molecule has 0 aromatic heterocycles. The molecule has 2 aromatic rings. The smallest absolute Gasteiger partial charge is 0.408 e. The van der Waals surface area contributed by atoms with Crippen LogP contribution in [0, 0.1) is 0 Å². The predicted octanol–water partition coefficient (Wildman–Crippen LogP) is 5.85. The lowest BCUT2D eigenvalue weighted by atomic mass is 10.0. The molecule has 8 heteroatoms. The van der Waals surface area contributed by atoms with Crippen molar-refractivity contribution in [3.05, 3.63) is 65.7 Å². The average Bonchev–Trinajstić information content (AvgIpc) is 2.88. The van der Waals surface area contributed by atoms with Crippen molar-refractivity contribution in [3.63, 3.8) is 0 Å². The molecule has 0 fully saturated rings. The van der Waals surface area contributed by atoms with E-state index in [-0.39, 0.29) is 12.3 Å². The van der Waals surface area contributed by atoms with Crippen molar-refractivity contribution in [1.82, 2.24) is 15.5 Å². The Morgan fingerprint density at radius 2 is 1.54 bits per heavy atom. The van der Waals surface area contributed by atoms with E-state index in [2.05, 4.69) is 17.6 Å². The van der Waals surface area contributed by atoms with Crippen LogP contribution in [0.3, 0.4) is 0 Å². The monoisotopic (exact) mass is 539 g/mol. The van der Waals surface area contributed by atoms with E-state index in [0.29, 0.717) is 18.5 Å². The summed E-state index contributed by atoms with van der Waals surface area (Å²) >= 11 is 0. The van der Waals surface area contributed by atoms with Gasteiger partial charge in [0, 0.05) is 18.7 Å². The number of phenolic OH excluding ortho intramolecular Hbond substituents is 1. The lowest BCUT2D eigenvalue weighted by molar-refractivity contribution is -0.142. The van der Waals surface area contributed by atoms with Crippen molar-refractivity contribution in [3.8, 4) is 5.75 Å². The summed E-state index contributed by atoms with van der Waals surface area (Å²) in [6.45, 7) is 9.53. The van der Waals surface area contributed by atoms with Crippen LogP contribution in [-0.2, 0) is 20.9 Å². The van der Waals surface area contributed by atoms with Gasteiger partial charge in [0.05, 0.1) is 0 Å². The lowest BCUT2D eigenvalue weighted by Crippen LogP contribution is -2.52. The minimum absolute atomic E-state index is 0.0779. The fourth-order valence-electron chi connectivity index (χ4n) is 4.27. The molecule has 214 valence electrons. The number of alkyl carbamates (subject to hydrolysis) is 1. The maximum Gasteiger partial charge on any atom is 0.408 e. The van der Waals surface area contributed by atoms with Crippen molar-refractivity contribution in [2.45, 2.75) is 97.4 Å². The third-order valence-corrected chi connectivity index (χ3v) is 6.24. The second-order valence-corrected chi connectivity index (χ2v) is 10.8. The van der Waals surface area contributed by atoms with Crippen LogP contribution in [-0.4, -0.2) is 46.1 Å². The summed E-state index contributed by atoms with van der Waals surface area (Å²) < 4.78 is 5.33. The highest BCUT2D eigenvalue weighted by molar-refractivity contribution is 5.92. The van der Waals surface area contributed by atoms with Crippen LogP contribution >= 0.6 is 0 Å². The average molecular weight is 540 g/mol. The molecule has 0 aliphatic carbocycles. The van der Waals surface area contributed by atoms with Gasteiger partial charge < -0.3 is 25.4 Å². The van der Waals surface area contributed by atoms with E-state index >= 15 is 0 Å². The van der Waals surface area contributed by atoms with Crippen molar-refractivity contribution in [2.24, 2.45) is 0 Å². The van der Waals surface area contributed by atoms with Crippen molar-refractivity contribution in [1.29, 1.82) is 0 Å². The number of carbonyl (C=O) groups excluding carboxylic acids is 3. The van der Waals surface area contributed by atoms with E-state index in [1.807, 2.05) is 30.3 Å². The second kappa shape index (κ2) is 15.8. The summed E-state index contributed by atoms with van der Waals surface area (Å²) in [4.78, 5) is 41.4. The van der Waals surface area contributed by atoms with Gasteiger partial charge in [-0.2, -0.15) is 0 Å². The molecule has 0 spiro atoms. The Morgan fingerprint density at radius 1 is 0.923 bits per heavy atom. The van der Waals surface area contributed by atoms with Gasteiger partial charge in [-0.25, -0.2) is 4.79 Å². The fraction of sp³-hybridized carbons (Fsp3) is 0.516. The van der Waals surface area contributed by atoms with Crippen LogP contribution < -0.4 is 10.6 Å². The molecule has 0 saturated carbocycles. The summed E-state index contributed by atoms with van der Waals surface area (Å²) in [6, 6.07) is 14.0. The number of hydrogen-bond acceptors (Lipinski definition) is 5. The Hall–Kier alpha value is -3.55. The van der Waals surface area contributed by atoms with Crippen LogP contribution in [0.4, 0.5) is 4.79 Å². The number of para-hydroxylation sites is 1. The molecule has 3 N–H and O–H groups in total. The van der Waals surface area contributed by atoms with Crippen LogP contribution in [0.1, 0.15) is 90.3 Å². The normalized spacial score (nSPS) is 12.7. The molecule has 39 heavy (non-hydrogen) atoms. The number of nitrogens with zero attached hydrogens (tertiary/aromatic N) is 1. The number of carbonyl (C=O) groups is 3. The van der Waals surface area contributed by atoms with Gasteiger partial charge in [0.1, 0.15) is 23.4 Å². The number of nitrogens with one attached hydrogen (secondary N) is 2. The van der Waals surface area contributed by atoms with Gasteiger partial charge in [0.2, 0.25) is 11.8 Å². The molecule has 0 heterocycles. The van der Waals surface area contributed by atoms with Crippen molar-refractivity contribution < 1.29 is 24.2 Å². The lowest BCUT2D eigenvalue weighted by Gasteiger charge is -2.34. The van der Waals surface area contributed by atoms with E-state index in [1.165, 1.54) is 11.0 Å². The summed E-state index contributed by atoms with van der Waals surface area (Å²) in [5.74, 6) is -0.924. The first-order valence-electron chi connectivity index (χ1n) is 13.9. The zero-order valence-electron chi connectivity index (χ0n) is 24.0. The highest BCUT2D eigenvalue weighted by Gasteiger charge is 2.35. The highest BCUT2D eigenvalue weighted by atomic mass is 16.6. The number of benzene rings is 2. The maximum absolute atomic E-state index is 13.8. The minimum Gasteiger partial charge on any atom is -0.508 e. The predicted molar refractivity (Wildman–Crippen MR) is 153 cm³/mol. The summed E-state index contributed by atoms with van der Waals surface area (Å²) in [6.07, 6.45) is 5.30. The number of aromatic hydroxyl groups is 1. The van der Waals surface area contributed by atoms with Gasteiger partial charge >= 0.3 is 6.09 Å². The van der Waals surface area contributed by atoms with E-state index < -0.39 is 35.6 Å². The Kier molecular flexibility index (Phi) is 12.8. The minimum atomic E-state index is -1.08. The van der Waals surface area contributed by atoms with Gasteiger partial charge in [-0.15, -0.1) is 0 Å². The molecule has 3 amide bonds. The zero-order valence-corrected chi connectivity index (χ0v) is 24.0. The number of phenols is 1. The highest BCUT2D eigenvalue weighted by Crippen LogP contribution is 2.30. The van der Waals surface area contributed by atoms with Gasteiger partial charge in [-0.05, 0) is 45.7 Å². The Balaban J connectivity index is 2.33. The second-order valence-electron chi connectivity index (χ2n) is 10.8. The molecule has 0 aliphatic rings. The molecule has 0 aliphatic heterocycles.